The molecule has 2 aliphatic rings. The summed E-state index contributed by atoms with van der Waals surface area (Å²) in [6, 6.07) is 0. The van der Waals surface area contributed by atoms with Crippen LogP contribution in [0.4, 0.5) is 0 Å². The Bertz CT molecular complexity index is 274. The van der Waals surface area contributed by atoms with Gasteiger partial charge in [0, 0.05) is 0 Å². The van der Waals surface area contributed by atoms with E-state index in [9.17, 15) is 0 Å². The lowest BCUT2D eigenvalue weighted by molar-refractivity contribution is 0.317. The summed E-state index contributed by atoms with van der Waals surface area (Å²) < 4.78 is 0. The number of allylic oxidation sites excluding steroid dienone is 2. The van der Waals surface area contributed by atoms with Gasteiger partial charge in [0.05, 0.1) is 0 Å². The van der Waals surface area contributed by atoms with E-state index >= 15 is 0 Å². The second kappa shape index (κ2) is 2.40. The first-order valence-corrected chi connectivity index (χ1v) is 5.60. The van der Waals surface area contributed by atoms with Crippen LogP contribution in [0.25, 0.3) is 0 Å². The zero-order chi connectivity index (χ0) is 9.96. The first-order valence-electron chi connectivity index (χ1n) is 5.60. The molecule has 2 rings (SSSR count). The SMILES string of the molecule is CC1=C(C)C2(C)C(C)C2C(C)C1C. The molecule has 0 N–H and O–H groups in total. The van der Waals surface area contributed by atoms with Crippen molar-refractivity contribution in [2.24, 2.45) is 29.1 Å². The van der Waals surface area contributed by atoms with Crippen LogP contribution in [0.5, 0.6) is 0 Å². The third-order valence-electron chi connectivity index (χ3n) is 5.51. The molecule has 0 saturated heterocycles. The zero-order valence-corrected chi connectivity index (χ0v) is 9.81. The molecule has 1 saturated carbocycles. The highest BCUT2D eigenvalue weighted by Gasteiger charge is 2.64. The molecule has 0 heterocycles. The second-order valence-corrected chi connectivity index (χ2v) is 5.55. The van der Waals surface area contributed by atoms with Gasteiger partial charge in [-0.25, -0.2) is 0 Å². The number of fused-ring (bicyclic) bond motifs is 1. The van der Waals surface area contributed by atoms with Gasteiger partial charge in [-0.05, 0) is 42.9 Å². The van der Waals surface area contributed by atoms with Gasteiger partial charge in [0.15, 0.2) is 0 Å². The first kappa shape index (κ1) is 9.30. The zero-order valence-electron chi connectivity index (χ0n) is 9.81. The average Bonchev–Trinajstić information content (AvgIpc) is 2.65. The smallest absolute Gasteiger partial charge is 0.00540 e. The van der Waals surface area contributed by atoms with Crippen molar-refractivity contribution in [2.75, 3.05) is 0 Å². The summed E-state index contributed by atoms with van der Waals surface area (Å²) in [6.45, 7) is 14.4. The van der Waals surface area contributed by atoms with E-state index in [0.29, 0.717) is 5.41 Å². The summed E-state index contributed by atoms with van der Waals surface area (Å²) in [5.74, 6) is 3.58. The number of hydrogen-bond donors (Lipinski definition) is 0. The molecule has 1 fully saturated rings. The Hall–Kier alpha value is -0.260. The van der Waals surface area contributed by atoms with Gasteiger partial charge in [0.1, 0.15) is 0 Å². The summed E-state index contributed by atoms with van der Waals surface area (Å²) in [5.41, 5.74) is 3.92. The van der Waals surface area contributed by atoms with Crippen LogP contribution in [0.1, 0.15) is 41.5 Å². The van der Waals surface area contributed by atoms with Crippen LogP contribution in [0.3, 0.4) is 0 Å². The maximum atomic E-state index is 2.46. The summed E-state index contributed by atoms with van der Waals surface area (Å²) in [5, 5.41) is 0. The summed E-state index contributed by atoms with van der Waals surface area (Å²) in [4.78, 5) is 0. The van der Waals surface area contributed by atoms with Gasteiger partial charge < -0.3 is 0 Å². The fourth-order valence-electron chi connectivity index (χ4n) is 3.83. The summed E-state index contributed by atoms with van der Waals surface area (Å²) in [7, 11) is 0. The third-order valence-corrected chi connectivity index (χ3v) is 5.51. The van der Waals surface area contributed by atoms with Gasteiger partial charge in [0.25, 0.3) is 0 Å². The van der Waals surface area contributed by atoms with Crippen LogP contribution >= 0.6 is 0 Å². The van der Waals surface area contributed by atoms with Gasteiger partial charge in [0.2, 0.25) is 0 Å². The molecule has 0 aliphatic heterocycles. The highest BCUT2D eigenvalue weighted by Crippen LogP contribution is 2.70. The van der Waals surface area contributed by atoms with Crippen LogP contribution < -0.4 is 0 Å². The molecule has 5 atom stereocenters. The minimum Gasteiger partial charge on any atom is -0.0707 e. The molecule has 0 nitrogen and oxygen atoms in total. The molecular weight excluding hydrogens is 156 g/mol. The highest BCUT2D eigenvalue weighted by molar-refractivity contribution is 5.35. The Balaban J connectivity index is 2.45. The number of rotatable bonds is 0. The van der Waals surface area contributed by atoms with Gasteiger partial charge in [-0.1, -0.05) is 38.8 Å². The minimum absolute atomic E-state index is 0.565. The van der Waals surface area contributed by atoms with Crippen molar-refractivity contribution in [2.45, 2.75) is 41.5 Å². The molecule has 13 heavy (non-hydrogen) atoms. The van der Waals surface area contributed by atoms with Crippen LogP contribution in [0.2, 0.25) is 0 Å². The first-order chi connectivity index (χ1) is 5.92. The Morgan fingerprint density at radius 3 is 2.15 bits per heavy atom. The maximum absolute atomic E-state index is 2.46. The molecule has 0 aromatic rings. The average molecular weight is 178 g/mol. The lowest BCUT2D eigenvalue weighted by atomic mass is 9.73. The standard InChI is InChI=1S/C13H22/c1-7-8(2)10(4)13(6)11(5)12(13)9(7)3/h7,9,11-12H,1-6H3. The van der Waals surface area contributed by atoms with Crippen molar-refractivity contribution < 1.29 is 0 Å². The topological polar surface area (TPSA) is 0 Å². The molecule has 2 aliphatic carbocycles. The molecule has 0 amide bonds. The normalized spacial score (nSPS) is 54.9. The lowest BCUT2D eigenvalue weighted by Crippen LogP contribution is -2.22. The van der Waals surface area contributed by atoms with Crippen LogP contribution in [-0.4, -0.2) is 0 Å². The van der Waals surface area contributed by atoms with Crippen molar-refractivity contribution in [3.05, 3.63) is 11.1 Å². The molecule has 0 spiro atoms. The molecule has 0 radical (unpaired) electrons. The highest BCUT2D eigenvalue weighted by atomic mass is 14.7. The molecule has 0 heteroatoms. The van der Waals surface area contributed by atoms with E-state index in [0.717, 1.165) is 23.7 Å². The van der Waals surface area contributed by atoms with E-state index in [1.54, 1.807) is 11.1 Å². The molecule has 0 aromatic carbocycles. The van der Waals surface area contributed by atoms with Crippen molar-refractivity contribution in [1.29, 1.82) is 0 Å². The van der Waals surface area contributed by atoms with E-state index < -0.39 is 0 Å². The van der Waals surface area contributed by atoms with Crippen LogP contribution in [-0.2, 0) is 0 Å². The molecule has 5 unspecified atom stereocenters. The minimum atomic E-state index is 0.565. The van der Waals surface area contributed by atoms with Gasteiger partial charge in [-0.2, -0.15) is 0 Å². The molecule has 0 bridgehead atoms. The molecule has 74 valence electrons. The monoisotopic (exact) mass is 178 g/mol. The van der Waals surface area contributed by atoms with Crippen molar-refractivity contribution >= 4 is 0 Å². The fraction of sp³-hybridized carbons (Fsp3) is 0.846. The fourth-order valence-corrected chi connectivity index (χ4v) is 3.83. The Morgan fingerprint density at radius 1 is 1.08 bits per heavy atom. The lowest BCUT2D eigenvalue weighted by Gasteiger charge is -2.32. The second-order valence-electron chi connectivity index (χ2n) is 5.55. The van der Waals surface area contributed by atoms with Gasteiger partial charge >= 0.3 is 0 Å². The number of hydrogen-bond acceptors (Lipinski definition) is 0. The van der Waals surface area contributed by atoms with E-state index in [4.69, 9.17) is 0 Å². The third kappa shape index (κ3) is 0.872. The van der Waals surface area contributed by atoms with Crippen LogP contribution in [0.15, 0.2) is 11.1 Å². The quantitative estimate of drug-likeness (QED) is 0.494. The van der Waals surface area contributed by atoms with Crippen molar-refractivity contribution in [3.8, 4) is 0 Å². The Morgan fingerprint density at radius 2 is 1.62 bits per heavy atom. The van der Waals surface area contributed by atoms with E-state index in [-0.39, 0.29) is 0 Å². The van der Waals surface area contributed by atoms with Crippen LogP contribution in [0, 0.1) is 29.1 Å². The van der Waals surface area contributed by atoms with Crippen molar-refractivity contribution in [1.82, 2.24) is 0 Å². The van der Waals surface area contributed by atoms with Gasteiger partial charge in [-0.15, -0.1) is 0 Å². The van der Waals surface area contributed by atoms with E-state index in [2.05, 4.69) is 41.5 Å². The van der Waals surface area contributed by atoms with Crippen molar-refractivity contribution in [3.63, 3.8) is 0 Å². The molecular formula is C13H22. The van der Waals surface area contributed by atoms with E-state index in [1.165, 1.54) is 0 Å². The molecule has 0 aromatic heterocycles. The van der Waals surface area contributed by atoms with Gasteiger partial charge in [-0.3, -0.25) is 0 Å². The summed E-state index contributed by atoms with van der Waals surface area (Å²) in [6.07, 6.45) is 0. The van der Waals surface area contributed by atoms with E-state index in [1.807, 2.05) is 0 Å². The predicted octanol–water partition coefficient (Wildman–Crippen LogP) is 3.88. The Kier molecular flexibility index (Phi) is 1.72. The summed E-state index contributed by atoms with van der Waals surface area (Å²) >= 11 is 0. The largest absolute Gasteiger partial charge is 0.0707 e. The maximum Gasteiger partial charge on any atom is -0.00540 e. The predicted molar refractivity (Wildman–Crippen MR) is 57.5 cm³/mol. The Labute approximate surface area is 82.4 Å².